The van der Waals surface area contributed by atoms with E-state index in [1.54, 1.807) is 0 Å². The van der Waals surface area contributed by atoms with Gasteiger partial charge in [0, 0.05) is 25.0 Å². The lowest BCUT2D eigenvalue weighted by atomic mass is 10.1. The lowest BCUT2D eigenvalue weighted by Gasteiger charge is -2.17. The fraction of sp³-hybridized carbons (Fsp3) is 0. The van der Waals surface area contributed by atoms with Crippen molar-refractivity contribution in [2.75, 3.05) is 0 Å². The van der Waals surface area contributed by atoms with Crippen LogP contribution >= 0.6 is 23.5 Å². The molecule has 0 aromatic heterocycles. The summed E-state index contributed by atoms with van der Waals surface area (Å²) in [5.41, 5.74) is 0. The van der Waals surface area contributed by atoms with E-state index in [-0.39, 0.29) is 0 Å². The van der Waals surface area contributed by atoms with Gasteiger partial charge in [0.25, 0.3) is 0 Å². The van der Waals surface area contributed by atoms with Crippen LogP contribution in [-0.2, 0) is 0 Å². The Kier molecular flexibility index (Phi) is 5.96. The third-order valence-corrected chi connectivity index (χ3v) is 7.42. The molecule has 0 fully saturated rings. The van der Waals surface area contributed by atoms with Crippen LogP contribution in [-0.4, -0.2) is 0 Å². The normalized spacial score (nSPS) is 11.6. The highest BCUT2D eigenvalue weighted by molar-refractivity contribution is 8.05. The highest BCUT2D eigenvalue weighted by Crippen LogP contribution is 2.47. The predicted molar refractivity (Wildman–Crippen MR) is 132 cm³/mol. The van der Waals surface area contributed by atoms with Gasteiger partial charge in [0.05, 0.1) is 0 Å². The number of benzene rings is 5. The van der Waals surface area contributed by atoms with Crippen molar-refractivity contribution in [3.63, 3.8) is 0 Å². The van der Waals surface area contributed by atoms with Crippen LogP contribution in [0.1, 0.15) is 0 Å². The molecule has 0 aliphatic carbocycles. The molecular weight excluding hydrogens is 416 g/mol. The van der Waals surface area contributed by atoms with Crippen molar-refractivity contribution in [3.05, 3.63) is 121 Å². The molecule has 0 bridgehead atoms. The van der Waals surface area contributed by atoms with Gasteiger partial charge in [0.1, 0.15) is 11.5 Å². The molecular formula is C28H20OS2. The maximum absolute atomic E-state index is 5.89. The molecule has 0 radical (unpaired) electrons. The molecule has 0 unspecified atom stereocenters. The molecule has 1 heterocycles. The summed E-state index contributed by atoms with van der Waals surface area (Å²) in [4.78, 5) is 5.49. The minimum atomic E-state index is 0.865. The Bertz CT molecular complexity index is 1220. The third-order valence-electron chi connectivity index (χ3n) is 4.86. The minimum Gasteiger partial charge on any atom is -0.457 e. The Balaban J connectivity index is 0.000000134. The SMILES string of the molecule is c1ccc(Oc2cccc3ccccc23)cc1.c1ccc2c(c1)Sc1ccccc1S2. The van der Waals surface area contributed by atoms with Gasteiger partial charge in [-0.15, -0.1) is 0 Å². The molecule has 1 nitrogen and oxygen atoms in total. The highest BCUT2D eigenvalue weighted by Gasteiger charge is 2.14. The Morgan fingerprint density at radius 1 is 0.419 bits per heavy atom. The molecule has 5 aromatic carbocycles. The Morgan fingerprint density at radius 3 is 1.52 bits per heavy atom. The Morgan fingerprint density at radius 2 is 0.903 bits per heavy atom. The summed E-state index contributed by atoms with van der Waals surface area (Å²) in [6.07, 6.45) is 0. The standard InChI is InChI=1S/C16H12O.C12H8S2/c1-2-9-14(10-3-1)17-16-12-6-8-13-7-4-5-11-15(13)16;1-2-6-10-9(5-1)13-11-7-3-4-8-12(11)14-10/h1-12H;1-8H. The number of rotatable bonds is 2. The second kappa shape index (κ2) is 9.34. The summed E-state index contributed by atoms with van der Waals surface area (Å²) < 4.78 is 5.89. The molecule has 1 aliphatic rings. The van der Waals surface area contributed by atoms with Gasteiger partial charge in [-0.1, -0.05) is 102 Å². The maximum atomic E-state index is 5.89. The average Bonchev–Trinajstić information content (AvgIpc) is 2.84. The van der Waals surface area contributed by atoms with Crippen molar-refractivity contribution >= 4 is 34.3 Å². The van der Waals surface area contributed by atoms with Crippen LogP contribution in [0.5, 0.6) is 11.5 Å². The average molecular weight is 437 g/mol. The van der Waals surface area contributed by atoms with Crippen molar-refractivity contribution in [1.29, 1.82) is 0 Å². The summed E-state index contributed by atoms with van der Waals surface area (Å²) in [6.45, 7) is 0. The van der Waals surface area contributed by atoms with E-state index in [4.69, 9.17) is 4.74 Å². The van der Waals surface area contributed by atoms with Gasteiger partial charge in [-0.2, -0.15) is 0 Å². The zero-order valence-corrected chi connectivity index (χ0v) is 18.4. The first-order valence-electron chi connectivity index (χ1n) is 10.1. The van der Waals surface area contributed by atoms with E-state index >= 15 is 0 Å². The van der Waals surface area contributed by atoms with E-state index < -0.39 is 0 Å². The van der Waals surface area contributed by atoms with Gasteiger partial charge in [-0.05, 0) is 47.9 Å². The fourth-order valence-electron chi connectivity index (χ4n) is 3.37. The zero-order chi connectivity index (χ0) is 20.9. The lowest BCUT2D eigenvalue weighted by Crippen LogP contribution is -1.87. The molecule has 1 aliphatic heterocycles. The first-order chi connectivity index (χ1) is 15.4. The molecule has 0 amide bonds. The van der Waals surface area contributed by atoms with Gasteiger partial charge < -0.3 is 4.74 Å². The van der Waals surface area contributed by atoms with E-state index in [9.17, 15) is 0 Å². The van der Waals surface area contributed by atoms with Gasteiger partial charge in [-0.25, -0.2) is 0 Å². The summed E-state index contributed by atoms with van der Waals surface area (Å²) in [7, 11) is 0. The van der Waals surface area contributed by atoms with Crippen LogP contribution in [0.2, 0.25) is 0 Å². The van der Waals surface area contributed by atoms with Crippen LogP contribution in [0.15, 0.2) is 141 Å². The third kappa shape index (κ3) is 4.63. The van der Waals surface area contributed by atoms with Gasteiger partial charge in [0.2, 0.25) is 0 Å². The number of hydrogen-bond acceptors (Lipinski definition) is 3. The number of ether oxygens (including phenoxy) is 1. The molecule has 150 valence electrons. The van der Waals surface area contributed by atoms with E-state index in [2.05, 4.69) is 66.7 Å². The molecule has 0 atom stereocenters. The summed E-state index contributed by atoms with van der Waals surface area (Å²) in [5, 5.41) is 2.33. The highest BCUT2D eigenvalue weighted by atomic mass is 32.2. The Labute approximate surface area is 191 Å². The van der Waals surface area contributed by atoms with Crippen LogP contribution in [0.25, 0.3) is 10.8 Å². The number of para-hydroxylation sites is 1. The quantitative estimate of drug-likeness (QED) is 0.268. The van der Waals surface area contributed by atoms with E-state index in [1.807, 2.05) is 78.1 Å². The van der Waals surface area contributed by atoms with Gasteiger partial charge >= 0.3 is 0 Å². The van der Waals surface area contributed by atoms with Crippen LogP contribution in [0.3, 0.4) is 0 Å². The van der Waals surface area contributed by atoms with Crippen molar-refractivity contribution in [2.45, 2.75) is 19.6 Å². The van der Waals surface area contributed by atoms with E-state index in [0.29, 0.717) is 0 Å². The molecule has 0 N–H and O–H groups in total. The maximum Gasteiger partial charge on any atom is 0.135 e. The molecule has 31 heavy (non-hydrogen) atoms. The zero-order valence-electron chi connectivity index (χ0n) is 16.8. The van der Waals surface area contributed by atoms with E-state index in [1.165, 1.54) is 25.0 Å². The van der Waals surface area contributed by atoms with Crippen molar-refractivity contribution in [3.8, 4) is 11.5 Å². The van der Waals surface area contributed by atoms with Crippen molar-refractivity contribution in [1.82, 2.24) is 0 Å². The summed E-state index contributed by atoms with van der Waals surface area (Å²) in [5.74, 6) is 1.76. The number of fused-ring (bicyclic) bond motifs is 3. The topological polar surface area (TPSA) is 9.23 Å². The minimum absolute atomic E-state index is 0.865. The fourth-order valence-corrected chi connectivity index (χ4v) is 5.61. The second-order valence-corrected chi connectivity index (χ2v) is 9.16. The largest absolute Gasteiger partial charge is 0.457 e. The van der Waals surface area contributed by atoms with Crippen molar-refractivity contribution < 1.29 is 4.74 Å². The van der Waals surface area contributed by atoms with Crippen LogP contribution < -0.4 is 4.74 Å². The molecule has 5 aromatic rings. The Hall–Kier alpha value is -3.14. The molecule has 0 saturated carbocycles. The summed E-state index contributed by atoms with van der Waals surface area (Å²) >= 11 is 3.72. The number of hydrogen-bond donors (Lipinski definition) is 0. The predicted octanol–water partition coefficient (Wildman–Crippen LogP) is 8.93. The smallest absolute Gasteiger partial charge is 0.135 e. The molecule has 0 saturated heterocycles. The van der Waals surface area contributed by atoms with Crippen LogP contribution in [0.4, 0.5) is 0 Å². The summed E-state index contributed by atoms with van der Waals surface area (Å²) in [6, 6.07) is 41.3. The first kappa shape index (κ1) is 19.8. The van der Waals surface area contributed by atoms with Crippen LogP contribution in [0, 0.1) is 0 Å². The van der Waals surface area contributed by atoms with Gasteiger partial charge in [-0.3, -0.25) is 0 Å². The van der Waals surface area contributed by atoms with Crippen molar-refractivity contribution in [2.24, 2.45) is 0 Å². The van der Waals surface area contributed by atoms with Gasteiger partial charge in [0.15, 0.2) is 0 Å². The molecule has 0 spiro atoms. The first-order valence-corrected chi connectivity index (χ1v) is 11.7. The second-order valence-electron chi connectivity index (χ2n) is 6.99. The molecule has 6 rings (SSSR count). The lowest BCUT2D eigenvalue weighted by molar-refractivity contribution is 0.488. The molecule has 3 heteroatoms. The monoisotopic (exact) mass is 436 g/mol. The van der Waals surface area contributed by atoms with E-state index in [0.717, 1.165) is 16.9 Å².